The Labute approximate surface area is 190 Å². The normalized spacial score (nSPS) is 21.1. The number of fused-ring (bicyclic) bond motifs is 1. The first kappa shape index (κ1) is 21.1. The number of rotatable bonds is 5. The van der Waals surface area contributed by atoms with Crippen LogP contribution in [0, 0.1) is 5.82 Å². The summed E-state index contributed by atoms with van der Waals surface area (Å²) in [4.78, 5) is 29.7. The van der Waals surface area contributed by atoms with E-state index in [1.807, 2.05) is 6.20 Å². The molecule has 0 saturated carbocycles. The maximum atomic E-state index is 13.5. The Morgan fingerprint density at radius 2 is 1.91 bits per heavy atom. The van der Waals surface area contributed by atoms with Gasteiger partial charge in [0.05, 0.1) is 11.9 Å². The summed E-state index contributed by atoms with van der Waals surface area (Å²) in [7, 11) is 0. The quantitative estimate of drug-likeness (QED) is 0.616. The summed E-state index contributed by atoms with van der Waals surface area (Å²) < 4.78 is 15.1. The van der Waals surface area contributed by atoms with E-state index in [-0.39, 0.29) is 23.4 Å². The number of phenols is 1. The SMILES string of the molecule is O=C1N[C@H](Cc2ccc(O)cc2)C(=O)N2CCN(Cc3cnn(-c4cccc(F)c4)c3)C[C@H]12. The lowest BCUT2D eigenvalue weighted by Gasteiger charge is -2.45. The van der Waals surface area contributed by atoms with E-state index < -0.39 is 12.1 Å². The van der Waals surface area contributed by atoms with Crippen LogP contribution in [0.2, 0.25) is 0 Å². The van der Waals surface area contributed by atoms with Gasteiger partial charge in [-0.1, -0.05) is 18.2 Å². The van der Waals surface area contributed by atoms with Crippen LogP contribution in [0.3, 0.4) is 0 Å². The Kier molecular flexibility index (Phi) is 5.55. The van der Waals surface area contributed by atoms with Crippen LogP contribution in [0.4, 0.5) is 4.39 Å². The van der Waals surface area contributed by atoms with Crippen LogP contribution < -0.4 is 5.32 Å². The van der Waals surface area contributed by atoms with Crippen LogP contribution in [0.1, 0.15) is 11.1 Å². The summed E-state index contributed by atoms with van der Waals surface area (Å²) in [6.45, 7) is 2.14. The zero-order valence-electron chi connectivity index (χ0n) is 17.9. The number of nitrogens with zero attached hydrogens (tertiary/aromatic N) is 4. The van der Waals surface area contributed by atoms with Gasteiger partial charge in [0.2, 0.25) is 11.8 Å². The van der Waals surface area contributed by atoms with Crippen molar-refractivity contribution in [2.45, 2.75) is 25.0 Å². The van der Waals surface area contributed by atoms with Crippen LogP contribution in [0.25, 0.3) is 5.69 Å². The number of carbonyl (C=O) groups excluding carboxylic acids is 2. The molecule has 170 valence electrons. The first-order valence-electron chi connectivity index (χ1n) is 10.9. The lowest BCUT2D eigenvalue weighted by Crippen LogP contribution is -2.69. The second-order valence-corrected chi connectivity index (χ2v) is 8.49. The van der Waals surface area contributed by atoms with E-state index in [0.29, 0.717) is 38.3 Å². The highest BCUT2D eigenvalue weighted by atomic mass is 19.1. The van der Waals surface area contributed by atoms with E-state index in [1.165, 1.54) is 12.1 Å². The monoisotopic (exact) mass is 449 g/mol. The number of benzene rings is 2. The third kappa shape index (κ3) is 4.45. The molecule has 5 rings (SSSR count). The van der Waals surface area contributed by atoms with Gasteiger partial charge in [-0.05, 0) is 35.9 Å². The Morgan fingerprint density at radius 1 is 1.09 bits per heavy atom. The summed E-state index contributed by atoms with van der Waals surface area (Å²) in [5.74, 6) is -0.391. The van der Waals surface area contributed by atoms with Gasteiger partial charge < -0.3 is 15.3 Å². The Balaban J connectivity index is 1.22. The van der Waals surface area contributed by atoms with Gasteiger partial charge in [-0.2, -0.15) is 5.10 Å². The van der Waals surface area contributed by atoms with E-state index in [9.17, 15) is 19.1 Å². The van der Waals surface area contributed by atoms with Crippen LogP contribution in [-0.2, 0) is 22.6 Å². The number of hydrogen-bond donors (Lipinski definition) is 2. The molecule has 0 unspecified atom stereocenters. The van der Waals surface area contributed by atoms with Crippen LogP contribution >= 0.6 is 0 Å². The molecule has 0 spiro atoms. The smallest absolute Gasteiger partial charge is 0.246 e. The topological polar surface area (TPSA) is 90.7 Å². The van der Waals surface area contributed by atoms with Crippen LogP contribution in [0.15, 0.2) is 60.9 Å². The van der Waals surface area contributed by atoms with Gasteiger partial charge in [0, 0.05) is 44.4 Å². The molecule has 2 aliphatic heterocycles. The average Bonchev–Trinajstić information content (AvgIpc) is 3.27. The number of aromatic hydroxyl groups is 1. The molecule has 2 aromatic carbocycles. The van der Waals surface area contributed by atoms with Gasteiger partial charge in [0.1, 0.15) is 23.7 Å². The first-order chi connectivity index (χ1) is 16.0. The van der Waals surface area contributed by atoms with Crippen molar-refractivity contribution in [3.05, 3.63) is 77.9 Å². The third-order valence-corrected chi connectivity index (χ3v) is 6.16. The number of carbonyl (C=O) groups is 2. The van der Waals surface area contributed by atoms with Crippen molar-refractivity contribution >= 4 is 11.8 Å². The van der Waals surface area contributed by atoms with Crippen molar-refractivity contribution in [2.24, 2.45) is 0 Å². The van der Waals surface area contributed by atoms with Crippen LogP contribution in [0.5, 0.6) is 5.75 Å². The van der Waals surface area contributed by atoms with E-state index in [0.717, 1.165) is 11.1 Å². The minimum absolute atomic E-state index is 0.0775. The van der Waals surface area contributed by atoms with Gasteiger partial charge in [-0.15, -0.1) is 0 Å². The molecule has 0 bridgehead atoms. The zero-order valence-corrected chi connectivity index (χ0v) is 17.9. The second kappa shape index (κ2) is 8.67. The molecule has 3 heterocycles. The summed E-state index contributed by atoms with van der Waals surface area (Å²) in [5.41, 5.74) is 2.46. The largest absolute Gasteiger partial charge is 0.508 e. The molecule has 9 heteroatoms. The fourth-order valence-corrected chi connectivity index (χ4v) is 4.47. The Hall–Kier alpha value is -3.72. The predicted octanol–water partition coefficient (Wildman–Crippen LogP) is 1.47. The average molecular weight is 449 g/mol. The Bertz CT molecular complexity index is 1180. The minimum Gasteiger partial charge on any atom is -0.508 e. The van der Waals surface area contributed by atoms with Crippen molar-refractivity contribution in [1.29, 1.82) is 0 Å². The number of hydrogen-bond acceptors (Lipinski definition) is 5. The van der Waals surface area contributed by atoms with Crippen molar-refractivity contribution < 1.29 is 19.1 Å². The lowest BCUT2D eigenvalue weighted by molar-refractivity contribution is -0.153. The van der Waals surface area contributed by atoms with Gasteiger partial charge >= 0.3 is 0 Å². The summed E-state index contributed by atoms with van der Waals surface area (Å²) in [5, 5.41) is 16.6. The number of phenolic OH excluding ortho intramolecular Hbond substituents is 1. The van der Waals surface area contributed by atoms with Gasteiger partial charge in [0.15, 0.2) is 0 Å². The molecule has 2 amide bonds. The van der Waals surface area contributed by atoms with E-state index in [1.54, 1.807) is 52.2 Å². The molecule has 3 aromatic rings. The molecule has 33 heavy (non-hydrogen) atoms. The molecule has 2 atom stereocenters. The zero-order chi connectivity index (χ0) is 22.9. The van der Waals surface area contributed by atoms with Crippen molar-refractivity contribution in [3.63, 3.8) is 0 Å². The number of piperazine rings is 2. The van der Waals surface area contributed by atoms with Crippen molar-refractivity contribution in [1.82, 2.24) is 24.9 Å². The van der Waals surface area contributed by atoms with Gasteiger partial charge in [-0.3, -0.25) is 14.5 Å². The fraction of sp³-hybridized carbons (Fsp3) is 0.292. The highest BCUT2D eigenvalue weighted by Crippen LogP contribution is 2.21. The molecule has 8 nitrogen and oxygen atoms in total. The maximum Gasteiger partial charge on any atom is 0.246 e. The van der Waals surface area contributed by atoms with E-state index in [2.05, 4.69) is 15.3 Å². The fourth-order valence-electron chi connectivity index (χ4n) is 4.47. The number of nitrogens with one attached hydrogen (secondary N) is 1. The van der Waals surface area contributed by atoms with Crippen molar-refractivity contribution in [3.8, 4) is 11.4 Å². The third-order valence-electron chi connectivity index (χ3n) is 6.16. The summed E-state index contributed by atoms with van der Waals surface area (Å²) >= 11 is 0. The summed E-state index contributed by atoms with van der Waals surface area (Å²) in [6.07, 6.45) is 3.97. The highest BCUT2D eigenvalue weighted by Gasteiger charge is 2.43. The van der Waals surface area contributed by atoms with Gasteiger partial charge in [-0.25, -0.2) is 9.07 Å². The highest BCUT2D eigenvalue weighted by molar-refractivity contribution is 5.97. The molecule has 2 saturated heterocycles. The number of halogens is 1. The molecule has 2 N–H and O–H groups in total. The van der Waals surface area contributed by atoms with Crippen molar-refractivity contribution in [2.75, 3.05) is 19.6 Å². The van der Waals surface area contributed by atoms with Gasteiger partial charge in [0.25, 0.3) is 0 Å². The maximum absolute atomic E-state index is 13.5. The Morgan fingerprint density at radius 3 is 2.70 bits per heavy atom. The standard InChI is InChI=1S/C24H24FN5O3/c25-18-2-1-3-19(11-18)30-14-17(12-26-30)13-28-8-9-29-22(15-28)23(32)27-21(24(29)33)10-16-4-6-20(31)7-5-16/h1-7,11-12,14,21-22,31H,8-10,13,15H2,(H,27,32)/t21-,22-/m1/s1. The number of amides is 2. The molecule has 0 aliphatic carbocycles. The second-order valence-electron chi connectivity index (χ2n) is 8.49. The molecular formula is C24H24FN5O3. The lowest BCUT2D eigenvalue weighted by atomic mass is 9.98. The number of aromatic nitrogens is 2. The summed E-state index contributed by atoms with van der Waals surface area (Å²) in [6, 6.07) is 11.7. The molecule has 1 aromatic heterocycles. The van der Waals surface area contributed by atoms with E-state index >= 15 is 0 Å². The predicted molar refractivity (Wildman–Crippen MR) is 118 cm³/mol. The molecule has 2 fully saturated rings. The molecule has 0 radical (unpaired) electrons. The first-order valence-corrected chi connectivity index (χ1v) is 10.9. The molecular weight excluding hydrogens is 425 g/mol. The van der Waals surface area contributed by atoms with E-state index in [4.69, 9.17) is 0 Å². The molecule has 2 aliphatic rings. The van der Waals surface area contributed by atoms with Crippen LogP contribution in [-0.4, -0.2) is 68.2 Å². The minimum atomic E-state index is -0.602.